The third kappa shape index (κ3) is 5.76. The summed E-state index contributed by atoms with van der Waals surface area (Å²) in [5, 5.41) is 8.15. The minimum atomic E-state index is 0.764. The van der Waals surface area contributed by atoms with E-state index in [0.717, 1.165) is 43.5 Å². The van der Waals surface area contributed by atoms with Crippen LogP contribution < -0.4 is 10.6 Å². The fraction of sp³-hybridized carbons (Fsp3) is 0.0417. The summed E-state index contributed by atoms with van der Waals surface area (Å²) in [6, 6.07) is 25.6. The molecule has 0 fully saturated rings. The molecule has 4 aromatic rings. The molecule has 0 aliphatic carbocycles. The Labute approximate surface area is 181 Å². The number of anilines is 2. The Bertz CT molecular complexity index is 1130. The van der Waals surface area contributed by atoms with E-state index in [-0.39, 0.29) is 0 Å². The minimum absolute atomic E-state index is 0.764. The molecule has 3 aromatic carbocycles. The Morgan fingerprint density at radius 3 is 2.52 bits per heavy atom. The van der Waals surface area contributed by atoms with Crippen LogP contribution in [0.2, 0.25) is 5.02 Å². The molecule has 29 heavy (non-hydrogen) atoms. The highest BCUT2D eigenvalue weighted by molar-refractivity contribution is 7.80. The maximum Gasteiger partial charge on any atom is 0.0708 e. The molecular formula is C24H22ClN3S. The Kier molecular flexibility index (Phi) is 7.17. The molecule has 1 heterocycles. The molecule has 0 saturated carbocycles. The Hall–Kier alpha value is -2.95. The molecule has 4 rings (SSSR count). The van der Waals surface area contributed by atoms with E-state index in [1.54, 1.807) is 6.20 Å². The van der Waals surface area contributed by atoms with Gasteiger partial charge in [0, 0.05) is 34.9 Å². The van der Waals surface area contributed by atoms with Crippen LogP contribution in [0.1, 0.15) is 5.56 Å². The van der Waals surface area contributed by atoms with E-state index in [0.29, 0.717) is 0 Å². The largest absolute Gasteiger partial charge is 0.387 e. The van der Waals surface area contributed by atoms with Crippen molar-refractivity contribution in [1.82, 2.24) is 4.98 Å². The van der Waals surface area contributed by atoms with Crippen LogP contribution in [0.25, 0.3) is 16.6 Å². The monoisotopic (exact) mass is 419 g/mol. The number of aromatic nitrogens is 1. The second-order valence-electron chi connectivity index (χ2n) is 6.29. The summed E-state index contributed by atoms with van der Waals surface area (Å²) in [6.07, 6.45) is 1.80. The summed E-state index contributed by atoms with van der Waals surface area (Å²) in [6.45, 7) is 4.09. The summed E-state index contributed by atoms with van der Waals surface area (Å²) in [4.78, 5) is 5.28. The molecule has 1 aromatic heterocycles. The van der Waals surface area contributed by atoms with Crippen molar-refractivity contribution in [1.29, 1.82) is 0 Å². The molecule has 0 atom stereocenters. The molecule has 5 heteroatoms. The molecule has 0 radical (unpaired) electrons. The summed E-state index contributed by atoms with van der Waals surface area (Å²) in [7, 11) is 1.85. The van der Waals surface area contributed by atoms with Crippen molar-refractivity contribution >= 4 is 52.2 Å². The Morgan fingerprint density at radius 1 is 0.966 bits per heavy atom. The molecule has 0 amide bonds. The molecule has 146 valence electrons. The summed E-state index contributed by atoms with van der Waals surface area (Å²) in [5.74, 6) is 0. The van der Waals surface area contributed by atoms with E-state index in [4.69, 9.17) is 11.6 Å². The van der Waals surface area contributed by atoms with Gasteiger partial charge in [0.05, 0.1) is 16.2 Å². The number of rotatable bonds is 4. The van der Waals surface area contributed by atoms with Gasteiger partial charge in [0.15, 0.2) is 0 Å². The van der Waals surface area contributed by atoms with E-state index in [9.17, 15) is 0 Å². The highest BCUT2D eigenvalue weighted by Crippen LogP contribution is 2.22. The van der Waals surface area contributed by atoms with Gasteiger partial charge in [-0.1, -0.05) is 54.6 Å². The average molecular weight is 420 g/mol. The van der Waals surface area contributed by atoms with Crippen LogP contribution in [0.15, 0.2) is 96.5 Å². The first-order valence-corrected chi connectivity index (χ1v) is 9.92. The molecule has 0 aliphatic heterocycles. The van der Waals surface area contributed by atoms with E-state index in [1.807, 2.05) is 79.8 Å². The smallest absolute Gasteiger partial charge is 0.0708 e. The lowest BCUT2D eigenvalue weighted by molar-refractivity contribution is 1.40. The fourth-order valence-corrected chi connectivity index (χ4v) is 3.20. The van der Waals surface area contributed by atoms with Gasteiger partial charge in [-0.25, -0.2) is 0 Å². The molecule has 0 spiro atoms. The number of nitrogens with one attached hydrogen (secondary N) is 2. The normalized spacial score (nSPS) is 10.0. The number of pyridine rings is 1. The van der Waals surface area contributed by atoms with Gasteiger partial charge < -0.3 is 10.6 Å². The Balaban J connectivity index is 0.000000224. The van der Waals surface area contributed by atoms with Gasteiger partial charge in [-0.05, 0) is 48.0 Å². The SMILES string of the molecule is C=C(Nc1cccc(S)c1)c1ccc2cccnc2c1.CNc1ccccc1Cl. The lowest BCUT2D eigenvalue weighted by atomic mass is 10.1. The third-order valence-corrected chi connectivity index (χ3v) is 4.85. The lowest BCUT2D eigenvalue weighted by Crippen LogP contribution is -1.97. The van der Waals surface area contributed by atoms with E-state index < -0.39 is 0 Å². The highest BCUT2D eigenvalue weighted by Gasteiger charge is 2.02. The first-order valence-electron chi connectivity index (χ1n) is 9.09. The second kappa shape index (κ2) is 10.0. The van der Waals surface area contributed by atoms with Crippen molar-refractivity contribution in [3.63, 3.8) is 0 Å². The number of benzene rings is 3. The van der Waals surface area contributed by atoms with Gasteiger partial charge in [0.25, 0.3) is 0 Å². The molecule has 0 aliphatic rings. The fourth-order valence-electron chi connectivity index (χ4n) is 2.75. The minimum Gasteiger partial charge on any atom is -0.387 e. The predicted molar refractivity (Wildman–Crippen MR) is 129 cm³/mol. The first-order chi connectivity index (χ1) is 14.1. The maximum atomic E-state index is 5.76. The molecule has 0 saturated heterocycles. The third-order valence-electron chi connectivity index (χ3n) is 4.24. The van der Waals surface area contributed by atoms with E-state index in [2.05, 4.69) is 40.9 Å². The van der Waals surface area contributed by atoms with Crippen molar-refractivity contribution in [2.24, 2.45) is 0 Å². The number of halogens is 1. The zero-order valence-electron chi connectivity index (χ0n) is 16.1. The molecule has 0 unspecified atom stereocenters. The van der Waals surface area contributed by atoms with Gasteiger partial charge in [0.1, 0.15) is 0 Å². The molecule has 0 bridgehead atoms. The van der Waals surface area contributed by atoms with Crippen molar-refractivity contribution in [2.45, 2.75) is 4.90 Å². The van der Waals surface area contributed by atoms with Gasteiger partial charge >= 0.3 is 0 Å². The number of thiol groups is 1. The molecule has 2 N–H and O–H groups in total. The van der Waals surface area contributed by atoms with E-state index in [1.165, 1.54) is 0 Å². The highest BCUT2D eigenvalue weighted by atomic mass is 35.5. The first kappa shape index (κ1) is 20.8. The molecular weight excluding hydrogens is 398 g/mol. The van der Waals surface area contributed by atoms with Crippen LogP contribution in [0, 0.1) is 0 Å². The molecule has 3 nitrogen and oxygen atoms in total. The Morgan fingerprint density at radius 2 is 1.79 bits per heavy atom. The van der Waals surface area contributed by atoms with Crippen LogP contribution >= 0.6 is 24.2 Å². The number of nitrogens with zero attached hydrogens (tertiary/aromatic N) is 1. The number of fused-ring (bicyclic) bond motifs is 1. The van der Waals surface area contributed by atoms with E-state index >= 15 is 0 Å². The second-order valence-corrected chi connectivity index (χ2v) is 7.22. The lowest BCUT2D eigenvalue weighted by Gasteiger charge is -2.11. The van der Waals surface area contributed by atoms with Gasteiger partial charge in [-0.15, -0.1) is 12.6 Å². The summed E-state index contributed by atoms with van der Waals surface area (Å²) >= 11 is 10.1. The summed E-state index contributed by atoms with van der Waals surface area (Å²) in [5.41, 5.74) is 4.79. The number of hydrogen-bond donors (Lipinski definition) is 3. The van der Waals surface area contributed by atoms with Gasteiger partial charge in [-0.3, -0.25) is 4.98 Å². The van der Waals surface area contributed by atoms with Crippen molar-refractivity contribution in [2.75, 3.05) is 17.7 Å². The van der Waals surface area contributed by atoms with Crippen molar-refractivity contribution in [3.05, 3.63) is 102 Å². The standard InChI is InChI=1S/C17H14N2S.C7H8ClN/c1-12(19-15-5-2-6-16(20)11-15)14-8-7-13-4-3-9-18-17(13)10-14;1-9-7-5-3-2-4-6(7)8/h2-11,19-20H,1H2;2-5,9H,1H3. The van der Waals surface area contributed by atoms with Crippen LogP contribution in [-0.4, -0.2) is 12.0 Å². The van der Waals surface area contributed by atoms with Gasteiger partial charge in [0.2, 0.25) is 0 Å². The van der Waals surface area contributed by atoms with Crippen LogP contribution in [-0.2, 0) is 0 Å². The van der Waals surface area contributed by atoms with Crippen molar-refractivity contribution in [3.8, 4) is 0 Å². The van der Waals surface area contributed by atoms with Crippen LogP contribution in [0.5, 0.6) is 0 Å². The van der Waals surface area contributed by atoms with Crippen LogP contribution in [0.4, 0.5) is 11.4 Å². The average Bonchev–Trinajstić information content (AvgIpc) is 2.74. The zero-order valence-corrected chi connectivity index (χ0v) is 17.7. The van der Waals surface area contributed by atoms with Crippen molar-refractivity contribution < 1.29 is 0 Å². The van der Waals surface area contributed by atoms with Crippen LogP contribution in [0.3, 0.4) is 0 Å². The zero-order chi connectivity index (χ0) is 20.6. The number of hydrogen-bond acceptors (Lipinski definition) is 4. The summed E-state index contributed by atoms with van der Waals surface area (Å²) < 4.78 is 0. The predicted octanol–water partition coefficient (Wildman–Crippen LogP) is 6.99. The van der Waals surface area contributed by atoms with Gasteiger partial charge in [-0.2, -0.15) is 0 Å². The maximum absolute atomic E-state index is 5.76. The number of para-hydroxylation sites is 1. The quantitative estimate of drug-likeness (QED) is 0.312. The topological polar surface area (TPSA) is 37.0 Å².